The molecule has 1 fully saturated rings. The summed E-state index contributed by atoms with van der Waals surface area (Å²) in [5.41, 5.74) is 1.22. The lowest BCUT2D eigenvalue weighted by Gasteiger charge is -2.14. The summed E-state index contributed by atoms with van der Waals surface area (Å²) in [6.45, 7) is 5.44. The number of hydrogen-bond acceptors (Lipinski definition) is 3. The minimum Gasteiger partial charge on any atom is -0.307 e. The van der Waals surface area contributed by atoms with Crippen molar-refractivity contribution in [1.29, 1.82) is 0 Å². The Morgan fingerprint density at radius 2 is 1.94 bits per heavy atom. The van der Waals surface area contributed by atoms with Crippen LogP contribution in [0, 0.1) is 0 Å². The molecule has 1 aromatic heterocycles. The van der Waals surface area contributed by atoms with E-state index < -0.39 is 0 Å². The first-order chi connectivity index (χ1) is 7.77. The monoisotopic (exact) mass is 219 g/mol. The van der Waals surface area contributed by atoms with Crippen molar-refractivity contribution in [1.82, 2.24) is 15.3 Å². The summed E-state index contributed by atoms with van der Waals surface area (Å²) in [6.07, 6.45) is 9.00. The molecule has 1 aliphatic rings. The van der Waals surface area contributed by atoms with Gasteiger partial charge in [0.15, 0.2) is 0 Å². The Morgan fingerprint density at radius 1 is 1.19 bits per heavy atom. The Labute approximate surface area is 97.7 Å². The first kappa shape index (κ1) is 11.5. The van der Waals surface area contributed by atoms with E-state index in [9.17, 15) is 0 Å². The van der Waals surface area contributed by atoms with Crippen molar-refractivity contribution in [2.45, 2.75) is 51.5 Å². The van der Waals surface area contributed by atoms with Crippen molar-refractivity contribution in [3.63, 3.8) is 0 Å². The highest BCUT2D eigenvalue weighted by Crippen LogP contribution is 2.20. The van der Waals surface area contributed by atoms with Gasteiger partial charge in [0.2, 0.25) is 0 Å². The molecule has 0 radical (unpaired) electrons. The van der Waals surface area contributed by atoms with Crippen LogP contribution in [0.15, 0.2) is 12.4 Å². The quantitative estimate of drug-likeness (QED) is 0.831. The largest absolute Gasteiger partial charge is 0.307 e. The third kappa shape index (κ3) is 2.79. The summed E-state index contributed by atoms with van der Waals surface area (Å²) in [5, 5.41) is 3.52. The zero-order chi connectivity index (χ0) is 11.4. The van der Waals surface area contributed by atoms with Gasteiger partial charge in [0.1, 0.15) is 5.82 Å². The Kier molecular flexibility index (Phi) is 3.88. The Hall–Kier alpha value is -0.960. The maximum absolute atomic E-state index is 4.49. The second-order valence-electron chi connectivity index (χ2n) is 4.89. The van der Waals surface area contributed by atoms with Gasteiger partial charge in [-0.3, -0.25) is 0 Å². The van der Waals surface area contributed by atoms with Gasteiger partial charge in [0.05, 0.1) is 6.04 Å². The predicted molar refractivity (Wildman–Crippen MR) is 65.3 cm³/mol. The number of rotatable bonds is 2. The zero-order valence-corrected chi connectivity index (χ0v) is 10.2. The lowest BCUT2D eigenvalue weighted by atomic mass is 10.1. The molecule has 2 rings (SSSR count). The van der Waals surface area contributed by atoms with Gasteiger partial charge in [0.25, 0.3) is 0 Å². The van der Waals surface area contributed by atoms with Crippen molar-refractivity contribution in [3.8, 4) is 0 Å². The maximum Gasteiger partial charge on any atom is 0.145 e. The molecular formula is C13H21N3. The molecule has 1 aromatic rings. The van der Waals surface area contributed by atoms with Crippen molar-refractivity contribution in [2.24, 2.45) is 0 Å². The Morgan fingerprint density at radius 3 is 2.62 bits per heavy atom. The van der Waals surface area contributed by atoms with E-state index in [1.54, 1.807) is 0 Å². The maximum atomic E-state index is 4.49. The van der Waals surface area contributed by atoms with Crippen LogP contribution in [0.4, 0.5) is 0 Å². The van der Waals surface area contributed by atoms with Gasteiger partial charge < -0.3 is 5.32 Å². The minimum atomic E-state index is 0.365. The Bertz CT molecular complexity index is 310. The third-order valence-corrected chi connectivity index (χ3v) is 3.23. The summed E-state index contributed by atoms with van der Waals surface area (Å²) in [7, 11) is 0. The predicted octanol–water partition coefficient (Wildman–Crippen LogP) is 2.80. The van der Waals surface area contributed by atoms with Gasteiger partial charge in [0, 0.05) is 12.4 Å². The van der Waals surface area contributed by atoms with Crippen molar-refractivity contribution in [2.75, 3.05) is 6.54 Å². The zero-order valence-electron chi connectivity index (χ0n) is 10.2. The van der Waals surface area contributed by atoms with Crippen LogP contribution >= 0.6 is 0 Å². The molecule has 1 saturated heterocycles. The summed E-state index contributed by atoms with van der Waals surface area (Å²) >= 11 is 0. The van der Waals surface area contributed by atoms with E-state index >= 15 is 0 Å². The van der Waals surface area contributed by atoms with Gasteiger partial charge in [-0.2, -0.15) is 0 Å². The number of aromatic nitrogens is 2. The summed E-state index contributed by atoms with van der Waals surface area (Å²) in [4.78, 5) is 8.98. The van der Waals surface area contributed by atoms with Crippen LogP contribution in [-0.2, 0) is 0 Å². The summed E-state index contributed by atoms with van der Waals surface area (Å²) in [6, 6.07) is 0.365. The minimum absolute atomic E-state index is 0.365. The second-order valence-corrected chi connectivity index (χ2v) is 4.89. The Balaban J connectivity index is 2.07. The van der Waals surface area contributed by atoms with Gasteiger partial charge in [-0.1, -0.05) is 26.7 Å². The molecule has 1 N–H and O–H groups in total. The summed E-state index contributed by atoms with van der Waals surface area (Å²) in [5.74, 6) is 1.47. The lowest BCUT2D eigenvalue weighted by Crippen LogP contribution is -2.22. The second kappa shape index (κ2) is 5.39. The van der Waals surface area contributed by atoms with Crippen molar-refractivity contribution < 1.29 is 0 Å². The number of nitrogens with zero attached hydrogens (tertiary/aromatic N) is 2. The molecule has 0 amide bonds. The molecule has 2 heterocycles. The van der Waals surface area contributed by atoms with Gasteiger partial charge in [-0.15, -0.1) is 0 Å². The highest BCUT2D eigenvalue weighted by molar-refractivity contribution is 5.11. The van der Waals surface area contributed by atoms with Gasteiger partial charge >= 0.3 is 0 Å². The van der Waals surface area contributed by atoms with Crippen LogP contribution in [0.5, 0.6) is 0 Å². The van der Waals surface area contributed by atoms with E-state index in [1.165, 1.54) is 31.2 Å². The van der Waals surface area contributed by atoms with Gasteiger partial charge in [-0.25, -0.2) is 9.97 Å². The molecule has 0 bridgehead atoms. The topological polar surface area (TPSA) is 37.8 Å². The van der Waals surface area contributed by atoms with E-state index in [1.807, 2.05) is 12.4 Å². The molecule has 0 spiro atoms. The lowest BCUT2D eigenvalue weighted by molar-refractivity contribution is 0.506. The van der Waals surface area contributed by atoms with Gasteiger partial charge in [-0.05, 0) is 30.9 Å². The van der Waals surface area contributed by atoms with Crippen LogP contribution in [0.25, 0.3) is 0 Å². The fourth-order valence-corrected chi connectivity index (χ4v) is 2.08. The molecule has 0 aromatic carbocycles. The molecule has 3 heteroatoms. The van der Waals surface area contributed by atoms with E-state index in [2.05, 4.69) is 29.1 Å². The molecular weight excluding hydrogens is 198 g/mol. The molecule has 88 valence electrons. The third-order valence-electron chi connectivity index (χ3n) is 3.23. The number of nitrogens with one attached hydrogen (secondary N) is 1. The molecule has 1 aliphatic heterocycles. The smallest absolute Gasteiger partial charge is 0.145 e. The first-order valence-corrected chi connectivity index (χ1v) is 6.32. The summed E-state index contributed by atoms with van der Waals surface area (Å²) < 4.78 is 0. The fourth-order valence-electron chi connectivity index (χ4n) is 2.08. The molecule has 3 nitrogen and oxygen atoms in total. The SMILES string of the molecule is CC(C)c1cnc(C2CCCCCN2)nc1. The first-order valence-electron chi connectivity index (χ1n) is 6.32. The normalized spacial score (nSPS) is 22.1. The fraction of sp³-hybridized carbons (Fsp3) is 0.692. The van der Waals surface area contributed by atoms with Crippen molar-refractivity contribution >= 4 is 0 Å². The van der Waals surface area contributed by atoms with E-state index in [0.717, 1.165) is 12.4 Å². The van der Waals surface area contributed by atoms with E-state index in [-0.39, 0.29) is 0 Å². The number of hydrogen-bond donors (Lipinski definition) is 1. The van der Waals surface area contributed by atoms with E-state index in [0.29, 0.717) is 12.0 Å². The standard InChI is InChI=1S/C13H21N3/c1-10(2)11-8-15-13(16-9-11)12-6-4-3-5-7-14-12/h8-10,12,14H,3-7H2,1-2H3. The average molecular weight is 219 g/mol. The highest BCUT2D eigenvalue weighted by atomic mass is 15.0. The van der Waals surface area contributed by atoms with Crippen LogP contribution < -0.4 is 5.32 Å². The van der Waals surface area contributed by atoms with Crippen LogP contribution in [0.1, 0.15) is 62.9 Å². The van der Waals surface area contributed by atoms with Crippen LogP contribution in [-0.4, -0.2) is 16.5 Å². The molecule has 1 unspecified atom stereocenters. The molecule has 16 heavy (non-hydrogen) atoms. The van der Waals surface area contributed by atoms with Crippen LogP contribution in [0.3, 0.4) is 0 Å². The molecule has 0 aliphatic carbocycles. The van der Waals surface area contributed by atoms with Crippen LogP contribution in [0.2, 0.25) is 0 Å². The highest BCUT2D eigenvalue weighted by Gasteiger charge is 2.16. The average Bonchev–Trinajstić information content (AvgIpc) is 2.57. The van der Waals surface area contributed by atoms with Crippen molar-refractivity contribution in [3.05, 3.63) is 23.8 Å². The van der Waals surface area contributed by atoms with E-state index in [4.69, 9.17) is 0 Å². The molecule has 1 atom stereocenters. The molecule has 0 saturated carbocycles.